The molecule has 0 amide bonds. The second-order valence-electron chi connectivity index (χ2n) is 7.53. The molecule has 0 aliphatic heterocycles. The van der Waals surface area contributed by atoms with Gasteiger partial charge in [-0.15, -0.1) is 0 Å². The Morgan fingerprint density at radius 1 is 1.20 bits per heavy atom. The standard InChI is InChI=1S/C16H23N3O/c17-14-9-18-15(20)19(10-14)2-1-16-6-11-3-12(7-16)5-13(4-11)8-16/h9-13H,1-8,17H2. The Labute approximate surface area is 119 Å². The maximum atomic E-state index is 11.8. The summed E-state index contributed by atoms with van der Waals surface area (Å²) in [4.78, 5) is 15.6. The van der Waals surface area contributed by atoms with Gasteiger partial charge in [0.2, 0.25) is 0 Å². The molecule has 4 aliphatic carbocycles. The molecule has 4 fully saturated rings. The lowest BCUT2D eigenvalue weighted by Gasteiger charge is -2.57. The van der Waals surface area contributed by atoms with Crippen molar-refractivity contribution in [1.29, 1.82) is 0 Å². The molecular formula is C16H23N3O. The summed E-state index contributed by atoms with van der Waals surface area (Å²) in [6.45, 7) is 0.781. The van der Waals surface area contributed by atoms with Crippen LogP contribution in [0.1, 0.15) is 44.9 Å². The van der Waals surface area contributed by atoms with Crippen molar-refractivity contribution in [2.45, 2.75) is 51.5 Å². The van der Waals surface area contributed by atoms with Crippen LogP contribution in [0, 0.1) is 23.2 Å². The Balaban J connectivity index is 1.52. The fraction of sp³-hybridized carbons (Fsp3) is 0.750. The number of aromatic nitrogens is 2. The molecule has 0 aromatic carbocycles. The highest BCUT2D eigenvalue weighted by atomic mass is 16.1. The van der Waals surface area contributed by atoms with E-state index in [2.05, 4.69) is 4.98 Å². The quantitative estimate of drug-likeness (QED) is 0.920. The average Bonchev–Trinajstić information content (AvgIpc) is 2.38. The van der Waals surface area contributed by atoms with Gasteiger partial charge >= 0.3 is 5.69 Å². The summed E-state index contributed by atoms with van der Waals surface area (Å²) in [5, 5.41) is 0. The van der Waals surface area contributed by atoms with Crippen LogP contribution in [0.25, 0.3) is 0 Å². The van der Waals surface area contributed by atoms with Crippen molar-refractivity contribution in [2.75, 3.05) is 5.73 Å². The zero-order chi connectivity index (χ0) is 13.7. The highest BCUT2D eigenvalue weighted by Gasteiger charge is 2.50. The minimum Gasteiger partial charge on any atom is -0.396 e. The Kier molecular flexibility index (Phi) is 2.69. The van der Waals surface area contributed by atoms with E-state index in [0.29, 0.717) is 11.1 Å². The zero-order valence-corrected chi connectivity index (χ0v) is 11.9. The number of nitrogen functional groups attached to an aromatic ring is 1. The van der Waals surface area contributed by atoms with E-state index in [1.807, 2.05) is 0 Å². The number of rotatable bonds is 3. The molecule has 20 heavy (non-hydrogen) atoms. The molecular weight excluding hydrogens is 250 g/mol. The Hall–Kier alpha value is -1.32. The molecule has 0 saturated heterocycles. The fourth-order valence-electron chi connectivity index (χ4n) is 5.59. The fourth-order valence-corrected chi connectivity index (χ4v) is 5.59. The van der Waals surface area contributed by atoms with Crippen molar-refractivity contribution in [1.82, 2.24) is 9.55 Å². The molecule has 0 spiro atoms. The summed E-state index contributed by atoms with van der Waals surface area (Å²) < 4.78 is 1.70. The molecule has 0 unspecified atom stereocenters. The third-order valence-electron chi connectivity index (χ3n) is 5.92. The van der Waals surface area contributed by atoms with Crippen molar-refractivity contribution in [3.05, 3.63) is 22.9 Å². The third-order valence-corrected chi connectivity index (χ3v) is 5.92. The lowest BCUT2D eigenvalue weighted by molar-refractivity contribution is -0.0593. The van der Waals surface area contributed by atoms with Gasteiger partial charge in [0.1, 0.15) is 0 Å². The van der Waals surface area contributed by atoms with E-state index in [1.165, 1.54) is 44.7 Å². The lowest BCUT2D eigenvalue weighted by atomic mass is 9.49. The summed E-state index contributed by atoms with van der Waals surface area (Å²) in [6.07, 6.45) is 12.9. The van der Waals surface area contributed by atoms with Crippen molar-refractivity contribution in [2.24, 2.45) is 23.2 Å². The van der Waals surface area contributed by atoms with Gasteiger partial charge in [0, 0.05) is 12.7 Å². The third kappa shape index (κ3) is 2.05. The second-order valence-corrected chi connectivity index (χ2v) is 7.53. The van der Waals surface area contributed by atoms with Gasteiger partial charge in [0.15, 0.2) is 0 Å². The van der Waals surface area contributed by atoms with Crippen LogP contribution in [0.3, 0.4) is 0 Å². The van der Waals surface area contributed by atoms with Gasteiger partial charge < -0.3 is 5.73 Å². The van der Waals surface area contributed by atoms with Gasteiger partial charge in [-0.05, 0) is 68.1 Å². The minimum atomic E-state index is -0.163. The summed E-state index contributed by atoms with van der Waals surface area (Å²) in [5.41, 5.74) is 6.67. The van der Waals surface area contributed by atoms with E-state index < -0.39 is 0 Å². The van der Waals surface area contributed by atoms with Crippen molar-refractivity contribution < 1.29 is 0 Å². The number of hydrogen-bond acceptors (Lipinski definition) is 3. The van der Waals surface area contributed by atoms with Gasteiger partial charge in [0.05, 0.1) is 11.9 Å². The maximum Gasteiger partial charge on any atom is 0.347 e. The highest BCUT2D eigenvalue weighted by molar-refractivity contribution is 5.29. The first-order chi connectivity index (χ1) is 9.62. The van der Waals surface area contributed by atoms with Crippen molar-refractivity contribution in [3.63, 3.8) is 0 Å². The highest BCUT2D eigenvalue weighted by Crippen LogP contribution is 2.61. The molecule has 5 rings (SSSR count). The largest absolute Gasteiger partial charge is 0.396 e. The topological polar surface area (TPSA) is 60.9 Å². The molecule has 4 aliphatic rings. The van der Waals surface area contributed by atoms with Crippen LogP contribution in [0.2, 0.25) is 0 Å². The second kappa shape index (κ2) is 4.34. The van der Waals surface area contributed by atoms with Gasteiger partial charge in [-0.3, -0.25) is 4.57 Å². The van der Waals surface area contributed by atoms with E-state index in [0.717, 1.165) is 30.7 Å². The molecule has 0 radical (unpaired) electrons. The molecule has 1 aromatic heterocycles. The number of nitrogens with zero attached hydrogens (tertiary/aromatic N) is 2. The Morgan fingerprint density at radius 3 is 2.40 bits per heavy atom. The predicted octanol–water partition coefficient (Wildman–Crippen LogP) is 2.43. The molecule has 108 valence electrons. The van der Waals surface area contributed by atoms with Crippen LogP contribution < -0.4 is 11.4 Å². The molecule has 1 aromatic rings. The maximum absolute atomic E-state index is 11.8. The van der Waals surface area contributed by atoms with E-state index in [-0.39, 0.29) is 5.69 Å². The molecule has 4 bridgehead atoms. The minimum absolute atomic E-state index is 0.163. The normalized spacial score (nSPS) is 38.3. The number of nitrogens with two attached hydrogens (primary N) is 1. The van der Waals surface area contributed by atoms with Gasteiger partial charge in [-0.2, -0.15) is 4.98 Å². The molecule has 1 heterocycles. The number of hydrogen-bond donors (Lipinski definition) is 1. The van der Waals surface area contributed by atoms with Crippen LogP contribution in [-0.4, -0.2) is 9.55 Å². The van der Waals surface area contributed by atoms with E-state index in [9.17, 15) is 4.79 Å². The van der Waals surface area contributed by atoms with Crippen molar-refractivity contribution in [3.8, 4) is 0 Å². The molecule has 4 nitrogen and oxygen atoms in total. The average molecular weight is 273 g/mol. The zero-order valence-electron chi connectivity index (χ0n) is 11.9. The smallest absolute Gasteiger partial charge is 0.347 e. The Morgan fingerprint density at radius 2 is 1.80 bits per heavy atom. The summed E-state index contributed by atoms with van der Waals surface area (Å²) in [6, 6.07) is 0. The van der Waals surface area contributed by atoms with Crippen LogP contribution in [0.5, 0.6) is 0 Å². The summed E-state index contributed by atoms with van der Waals surface area (Å²) >= 11 is 0. The van der Waals surface area contributed by atoms with E-state index >= 15 is 0 Å². The first-order valence-corrected chi connectivity index (χ1v) is 7.94. The summed E-state index contributed by atoms with van der Waals surface area (Å²) in [5.74, 6) is 2.91. The van der Waals surface area contributed by atoms with E-state index in [1.54, 1.807) is 10.8 Å². The van der Waals surface area contributed by atoms with E-state index in [4.69, 9.17) is 5.73 Å². The SMILES string of the molecule is Nc1cnc(=O)n(CCC23CC4CC(CC(C4)C2)C3)c1. The molecule has 0 atom stereocenters. The van der Waals surface area contributed by atoms with Crippen LogP contribution >= 0.6 is 0 Å². The molecule has 4 heteroatoms. The molecule has 4 saturated carbocycles. The van der Waals surface area contributed by atoms with Crippen LogP contribution in [0.4, 0.5) is 5.69 Å². The van der Waals surface area contributed by atoms with Gasteiger partial charge in [-0.1, -0.05) is 0 Å². The Bertz CT molecular complexity index is 542. The number of anilines is 1. The van der Waals surface area contributed by atoms with Crippen molar-refractivity contribution >= 4 is 5.69 Å². The molecule has 2 N–H and O–H groups in total. The number of aryl methyl sites for hydroxylation is 1. The lowest BCUT2D eigenvalue weighted by Crippen LogP contribution is -2.46. The monoisotopic (exact) mass is 273 g/mol. The van der Waals surface area contributed by atoms with Gasteiger partial charge in [0.25, 0.3) is 0 Å². The van der Waals surface area contributed by atoms with Crippen LogP contribution in [0.15, 0.2) is 17.2 Å². The summed E-state index contributed by atoms with van der Waals surface area (Å²) in [7, 11) is 0. The first kappa shape index (κ1) is 12.4. The van der Waals surface area contributed by atoms with Gasteiger partial charge in [-0.25, -0.2) is 4.79 Å². The van der Waals surface area contributed by atoms with Crippen LogP contribution in [-0.2, 0) is 6.54 Å². The first-order valence-electron chi connectivity index (χ1n) is 7.94. The predicted molar refractivity (Wildman–Crippen MR) is 78.1 cm³/mol.